The average molecular weight is 477 g/mol. The van der Waals surface area contributed by atoms with E-state index in [0.717, 1.165) is 38.5 Å². The van der Waals surface area contributed by atoms with Gasteiger partial charge in [-0.3, -0.25) is 0 Å². The van der Waals surface area contributed by atoms with E-state index in [9.17, 15) is 5.11 Å². The molecular weight excluding hydrogens is 420 g/mol. The Morgan fingerprint density at radius 3 is 1.19 bits per heavy atom. The van der Waals surface area contributed by atoms with E-state index in [1.165, 1.54) is 103 Å². The molecule has 0 rings (SSSR count). The van der Waals surface area contributed by atoms with Crippen molar-refractivity contribution in [2.45, 2.75) is 165 Å². The summed E-state index contributed by atoms with van der Waals surface area (Å²) in [4.78, 5) is 0. The average Bonchev–Trinajstić information content (AvgIpc) is 2.77. The summed E-state index contributed by atoms with van der Waals surface area (Å²) in [5, 5.41) is 19.6. The molecule has 31 heavy (non-hydrogen) atoms. The van der Waals surface area contributed by atoms with E-state index in [2.05, 4.69) is 6.92 Å². The lowest BCUT2D eigenvalue weighted by atomic mass is 10.0. The van der Waals surface area contributed by atoms with E-state index in [4.69, 9.17) is 30.4 Å². The number of thiol groups is 2. The van der Waals surface area contributed by atoms with Gasteiger partial charge in [0, 0.05) is 17.1 Å². The fourth-order valence-corrected chi connectivity index (χ4v) is 4.97. The molecule has 0 aliphatic heterocycles. The lowest BCUT2D eigenvalue weighted by molar-refractivity contribution is 0.146. The molecule has 188 valence electrons. The van der Waals surface area contributed by atoms with Crippen molar-refractivity contribution in [3.63, 3.8) is 0 Å². The highest BCUT2D eigenvalue weighted by atomic mass is 32.1. The third-order valence-electron chi connectivity index (χ3n) is 6.53. The standard InChI is InChI=1S/C27H56O2S2/c1-2-3-4-5-6-9-12-17-22-26(30)27(31)23-18-13-10-7-8-11-15-20-25(29)21-16-14-19-24-28/h25-31H,2-24H2,1H3. The molecule has 0 aromatic rings. The van der Waals surface area contributed by atoms with Gasteiger partial charge in [-0.1, -0.05) is 116 Å². The minimum Gasteiger partial charge on any atom is -0.396 e. The molecule has 0 spiro atoms. The van der Waals surface area contributed by atoms with Gasteiger partial charge in [-0.25, -0.2) is 0 Å². The summed E-state index contributed by atoms with van der Waals surface area (Å²) in [6, 6.07) is 0. The first-order chi connectivity index (χ1) is 15.1. The van der Waals surface area contributed by atoms with Gasteiger partial charge >= 0.3 is 0 Å². The molecule has 2 N–H and O–H groups in total. The third-order valence-corrected chi connectivity index (χ3v) is 8.00. The van der Waals surface area contributed by atoms with Crippen molar-refractivity contribution in [2.24, 2.45) is 0 Å². The third kappa shape index (κ3) is 23.6. The first-order valence-corrected chi connectivity index (χ1v) is 14.8. The van der Waals surface area contributed by atoms with Crippen LogP contribution in [-0.4, -0.2) is 33.4 Å². The normalized spacial score (nSPS) is 14.6. The molecule has 0 radical (unpaired) electrons. The topological polar surface area (TPSA) is 40.5 Å². The Hall–Kier alpha value is 0.620. The van der Waals surface area contributed by atoms with Gasteiger partial charge in [-0.15, -0.1) is 0 Å². The summed E-state index contributed by atoms with van der Waals surface area (Å²) >= 11 is 9.64. The molecule has 0 bridgehead atoms. The number of aliphatic hydroxyl groups excluding tert-OH is 2. The fourth-order valence-electron chi connectivity index (χ4n) is 4.30. The Morgan fingerprint density at radius 2 is 0.806 bits per heavy atom. The first-order valence-electron chi connectivity index (χ1n) is 13.8. The molecule has 0 fully saturated rings. The Bertz CT molecular complexity index is 341. The number of hydrogen-bond donors (Lipinski definition) is 4. The van der Waals surface area contributed by atoms with Crippen LogP contribution in [0.25, 0.3) is 0 Å². The van der Waals surface area contributed by atoms with Crippen LogP contribution in [0.15, 0.2) is 0 Å². The maximum Gasteiger partial charge on any atom is 0.0540 e. The number of aliphatic hydroxyl groups is 2. The van der Waals surface area contributed by atoms with Crippen LogP contribution in [-0.2, 0) is 0 Å². The van der Waals surface area contributed by atoms with Crippen LogP contribution < -0.4 is 0 Å². The van der Waals surface area contributed by atoms with Gasteiger partial charge in [0.1, 0.15) is 0 Å². The van der Waals surface area contributed by atoms with Gasteiger partial charge in [0.15, 0.2) is 0 Å². The molecule has 0 aromatic heterocycles. The molecule has 3 atom stereocenters. The van der Waals surface area contributed by atoms with Crippen LogP contribution >= 0.6 is 25.3 Å². The second-order valence-electron chi connectivity index (χ2n) is 9.68. The SMILES string of the molecule is CCCCCCCCCCC(S)C(S)CCCCCCCCCC(O)CCCCCO. The Kier molecular flexibility index (Phi) is 25.8. The summed E-state index contributed by atoms with van der Waals surface area (Å²) in [6.07, 6.45) is 27.1. The minimum absolute atomic E-state index is 0.133. The number of hydrogen-bond acceptors (Lipinski definition) is 4. The molecule has 0 heterocycles. The molecular formula is C27H56O2S2. The molecule has 0 aromatic carbocycles. The Balaban J connectivity index is 3.36. The van der Waals surface area contributed by atoms with Crippen LogP contribution in [0, 0.1) is 0 Å². The van der Waals surface area contributed by atoms with Crippen molar-refractivity contribution in [3.05, 3.63) is 0 Å². The molecule has 0 aliphatic rings. The molecule has 2 nitrogen and oxygen atoms in total. The maximum atomic E-state index is 9.96. The molecule has 0 saturated heterocycles. The van der Waals surface area contributed by atoms with Crippen LogP contribution in [0.1, 0.15) is 148 Å². The van der Waals surface area contributed by atoms with E-state index in [-0.39, 0.29) is 12.7 Å². The van der Waals surface area contributed by atoms with Crippen molar-refractivity contribution in [2.75, 3.05) is 6.61 Å². The van der Waals surface area contributed by atoms with Gasteiger partial charge in [0.2, 0.25) is 0 Å². The van der Waals surface area contributed by atoms with Crippen LogP contribution in [0.2, 0.25) is 0 Å². The second kappa shape index (κ2) is 25.2. The van der Waals surface area contributed by atoms with Crippen molar-refractivity contribution in [1.29, 1.82) is 0 Å². The van der Waals surface area contributed by atoms with Gasteiger partial charge in [-0.2, -0.15) is 25.3 Å². The summed E-state index contributed by atoms with van der Waals surface area (Å²) in [6.45, 7) is 2.56. The monoisotopic (exact) mass is 476 g/mol. The predicted octanol–water partition coefficient (Wildman–Crippen LogP) is 8.54. The summed E-state index contributed by atoms with van der Waals surface area (Å²) < 4.78 is 0. The zero-order valence-electron chi connectivity index (χ0n) is 20.8. The molecule has 0 amide bonds. The van der Waals surface area contributed by atoms with E-state index >= 15 is 0 Å². The predicted molar refractivity (Wildman–Crippen MR) is 146 cm³/mol. The van der Waals surface area contributed by atoms with Crippen LogP contribution in [0.5, 0.6) is 0 Å². The van der Waals surface area contributed by atoms with Crippen molar-refractivity contribution in [1.82, 2.24) is 0 Å². The van der Waals surface area contributed by atoms with E-state index in [0.29, 0.717) is 10.5 Å². The molecule has 0 saturated carbocycles. The highest BCUT2D eigenvalue weighted by Gasteiger charge is 2.13. The largest absolute Gasteiger partial charge is 0.396 e. The highest BCUT2D eigenvalue weighted by Crippen LogP contribution is 2.22. The lowest BCUT2D eigenvalue weighted by Crippen LogP contribution is -2.15. The molecule has 0 aliphatic carbocycles. The van der Waals surface area contributed by atoms with Gasteiger partial charge in [0.25, 0.3) is 0 Å². The highest BCUT2D eigenvalue weighted by molar-refractivity contribution is 7.85. The maximum absolute atomic E-state index is 9.96. The van der Waals surface area contributed by atoms with Gasteiger partial charge in [0.05, 0.1) is 6.10 Å². The van der Waals surface area contributed by atoms with Gasteiger partial charge in [-0.05, 0) is 32.1 Å². The Labute approximate surface area is 206 Å². The van der Waals surface area contributed by atoms with Crippen molar-refractivity contribution in [3.8, 4) is 0 Å². The van der Waals surface area contributed by atoms with Crippen molar-refractivity contribution < 1.29 is 10.2 Å². The first kappa shape index (κ1) is 31.6. The molecule has 3 unspecified atom stereocenters. The number of rotatable bonds is 25. The van der Waals surface area contributed by atoms with Gasteiger partial charge < -0.3 is 10.2 Å². The fraction of sp³-hybridized carbons (Fsp3) is 1.00. The van der Waals surface area contributed by atoms with Crippen LogP contribution in [0.3, 0.4) is 0 Å². The summed E-state index contributed by atoms with van der Waals surface area (Å²) in [5.74, 6) is 0. The minimum atomic E-state index is -0.133. The van der Waals surface area contributed by atoms with Crippen LogP contribution in [0.4, 0.5) is 0 Å². The second-order valence-corrected chi connectivity index (χ2v) is 11.0. The summed E-state index contributed by atoms with van der Waals surface area (Å²) in [7, 11) is 0. The summed E-state index contributed by atoms with van der Waals surface area (Å²) in [5.41, 5.74) is 0. The smallest absolute Gasteiger partial charge is 0.0540 e. The zero-order chi connectivity index (χ0) is 23.0. The number of unbranched alkanes of at least 4 members (excludes halogenated alkanes) is 15. The quantitative estimate of drug-likeness (QED) is 0.0787. The van der Waals surface area contributed by atoms with Crippen molar-refractivity contribution >= 4 is 25.3 Å². The van der Waals surface area contributed by atoms with E-state index in [1.54, 1.807) is 0 Å². The molecule has 4 heteroatoms. The van der Waals surface area contributed by atoms with E-state index < -0.39 is 0 Å². The zero-order valence-corrected chi connectivity index (χ0v) is 22.6. The Morgan fingerprint density at radius 1 is 0.484 bits per heavy atom. The van der Waals surface area contributed by atoms with E-state index in [1.807, 2.05) is 0 Å². The lowest BCUT2D eigenvalue weighted by Gasteiger charge is -2.18.